The fourth-order valence-electron chi connectivity index (χ4n) is 1.88. The summed E-state index contributed by atoms with van der Waals surface area (Å²) in [7, 11) is 0. The first kappa shape index (κ1) is 15.3. The Hall–Kier alpha value is -2.13. The monoisotopic (exact) mass is 303 g/mol. The third-order valence-electron chi connectivity index (χ3n) is 3.00. The largest absolute Gasteiger partial charge is 0.346 e. The van der Waals surface area contributed by atoms with E-state index in [0.717, 1.165) is 5.56 Å². The van der Waals surface area contributed by atoms with Gasteiger partial charge in [0, 0.05) is 11.1 Å². The van der Waals surface area contributed by atoms with Crippen molar-refractivity contribution >= 4 is 23.6 Å². The van der Waals surface area contributed by atoms with Crippen LogP contribution in [-0.4, -0.2) is 5.91 Å². The van der Waals surface area contributed by atoms with Gasteiger partial charge in [-0.25, -0.2) is 4.39 Å². The van der Waals surface area contributed by atoms with Gasteiger partial charge in [0.1, 0.15) is 5.82 Å². The summed E-state index contributed by atoms with van der Waals surface area (Å²) in [6, 6.07) is 13.2. The van der Waals surface area contributed by atoms with Crippen molar-refractivity contribution in [2.45, 2.75) is 13.0 Å². The Morgan fingerprint density at radius 1 is 1.24 bits per heavy atom. The van der Waals surface area contributed by atoms with Crippen molar-refractivity contribution in [3.8, 4) is 0 Å². The van der Waals surface area contributed by atoms with Crippen LogP contribution in [0.1, 0.15) is 24.1 Å². The van der Waals surface area contributed by atoms with Crippen LogP contribution in [0.2, 0.25) is 5.02 Å². The molecule has 0 spiro atoms. The molecule has 0 saturated carbocycles. The first-order chi connectivity index (χ1) is 10.0. The molecule has 0 aliphatic heterocycles. The lowest BCUT2D eigenvalue weighted by atomic mass is 10.1. The van der Waals surface area contributed by atoms with E-state index >= 15 is 0 Å². The van der Waals surface area contributed by atoms with Crippen molar-refractivity contribution in [1.82, 2.24) is 5.32 Å². The molecule has 108 valence electrons. The van der Waals surface area contributed by atoms with Crippen LogP contribution in [0.5, 0.6) is 0 Å². The molecule has 1 N–H and O–H groups in total. The molecule has 1 amide bonds. The Bertz CT molecular complexity index is 652. The summed E-state index contributed by atoms with van der Waals surface area (Å²) in [5.41, 5.74) is 1.61. The van der Waals surface area contributed by atoms with Crippen molar-refractivity contribution in [3.05, 3.63) is 76.6 Å². The highest BCUT2D eigenvalue weighted by Gasteiger charge is 2.07. The smallest absolute Gasteiger partial charge is 0.244 e. The van der Waals surface area contributed by atoms with E-state index in [0.29, 0.717) is 10.6 Å². The Balaban J connectivity index is 1.96. The molecule has 0 aliphatic rings. The first-order valence-corrected chi connectivity index (χ1v) is 6.92. The normalized spacial score (nSPS) is 12.3. The second-order valence-electron chi connectivity index (χ2n) is 4.67. The van der Waals surface area contributed by atoms with Gasteiger partial charge in [-0.15, -0.1) is 0 Å². The van der Waals surface area contributed by atoms with E-state index in [1.165, 1.54) is 18.2 Å². The number of nitrogens with one attached hydrogen (secondary N) is 1. The number of rotatable bonds is 4. The summed E-state index contributed by atoms with van der Waals surface area (Å²) in [5, 5.41) is 3.49. The minimum absolute atomic E-state index is 0.132. The SMILES string of the molecule is C[C@@H](NC(=O)/C=C/c1cccc(F)c1)c1ccc(Cl)cc1. The van der Waals surface area contributed by atoms with Crippen LogP contribution in [-0.2, 0) is 4.79 Å². The number of halogens is 2. The molecule has 0 bridgehead atoms. The summed E-state index contributed by atoms with van der Waals surface area (Å²) in [6.07, 6.45) is 2.97. The molecule has 2 aromatic carbocycles. The van der Waals surface area contributed by atoms with E-state index in [1.54, 1.807) is 30.3 Å². The van der Waals surface area contributed by atoms with E-state index in [1.807, 2.05) is 19.1 Å². The zero-order chi connectivity index (χ0) is 15.2. The molecule has 2 rings (SSSR count). The van der Waals surface area contributed by atoms with E-state index in [9.17, 15) is 9.18 Å². The fourth-order valence-corrected chi connectivity index (χ4v) is 2.00. The van der Waals surface area contributed by atoms with Crippen LogP contribution in [0.4, 0.5) is 4.39 Å². The number of hydrogen-bond donors (Lipinski definition) is 1. The first-order valence-electron chi connectivity index (χ1n) is 6.54. The van der Waals surface area contributed by atoms with Gasteiger partial charge in [0.2, 0.25) is 5.91 Å². The van der Waals surface area contributed by atoms with Crippen molar-refractivity contribution in [2.75, 3.05) is 0 Å². The Labute approximate surface area is 128 Å². The molecular weight excluding hydrogens is 289 g/mol. The van der Waals surface area contributed by atoms with E-state index in [2.05, 4.69) is 5.32 Å². The second kappa shape index (κ2) is 7.04. The van der Waals surface area contributed by atoms with Crippen LogP contribution in [0.25, 0.3) is 6.08 Å². The molecule has 0 fully saturated rings. The molecule has 0 aromatic heterocycles. The maximum Gasteiger partial charge on any atom is 0.244 e. The van der Waals surface area contributed by atoms with Gasteiger partial charge in [-0.1, -0.05) is 35.9 Å². The number of hydrogen-bond acceptors (Lipinski definition) is 1. The average Bonchev–Trinajstić information content (AvgIpc) is 2.46. The van der Waals surface area contributed by atoms with Gasteiger partial charge in [-0.2, -0.15) is 0 Å². The summed E-state index contributed by atoms with van der Waals surface area (Å²) in [5.74, 6) is -0.561. The second-order valence-corrected chi connectivity index (χ2v) is 5.11. The van der Waals surface area contributed by atoms with Crippen molar-refractivity contribution in [1.29, 1.82) is 0 Å². The quantitative estimate of drug-likeness (QED) is 0.835. The molecule has 0 unspecified atom stereocenters. The highest BCUT2D eigenvalue weighted by molar-refractivity contribution is 6.30. The standard InChI is InChI=1S/C17H15ClFNO/c1-12(14-6-8-15(18)9-7-14)20-17(21)10-5-13-3-2-4-16(19)11-13/h2-12H,1H3,(H,20,21)/b10-5+/t12-/m1/s1. The van der Waals surface area contributed by atoms with Gasteiger partial charge in [0.05, 0.1) is 6.04 Å². The highest BCUT2D eigenvalue weighted by atomic mass is 35.5. The zero-order valence-corrected chi connectivity index (χ0v) is 12.3. The van der Waals surface area contributed by atoms with Gasteiger partial charge in [-0.3, -0.25) is 4.79 Å². The molecule has 0 saturated heterocycles. The maximum atomic E-state index is 13.0. The Kier molecular flexibility index (Phi) is 5.12. The average molecular weight is 304 g/mol. The van der Waals surface area contributed by atoms with Crippen LogP contribution in [0.15, 0.2) is 54.6 Å². The summed E-state index contributed by atoms with van der Waals surface area (Å²) < 4.78 is 13.0. The van der Waals surface area contributed by atoms with Gasteiger partial charge >= 0.3 is 0 Å². The lowest BCUT2D eigenvalue weighted by Crippen LogP contribution is -2.24. The van der Waals surface area contributed by atoms with E-state index in [-0.39, 0.29) is 17.8 Å². The van der Waals surface area contributed by atoms with Crippen LogP contribution in [0, 0.1) is 5.82 Å². The summed E-state index contributed by atoms with van der Waals surface area (Å²) in [6.45, 7) is 1.89. The van der Waals surface area contributed by atoms with E-state index < -0.39 is 0 Å². The molecule has 21 heavy (non-hydrogen) atoms. The molecule has 2 aromatic rings. The van der Waals surface area contributed by atoms with Gasteiger partial charge in [0.15, 0.2) is 0 Å². The van der Waals surface area contributed by atoms with Crippen LogP contribution >= 0.6 is 11.6 Å². The van der Waals surface area contributed by atoms with Gasteiger partial charge in [-0.05, 0) is 48.4 Å². The molecule has 2 nitrogen and oxygen atoms in total. The van der Waals surface area contributed by atoms with Gasteiger partial charge in [0.25, 0.3) is 0 Å². The van der Waals surface area contributed by atoms with Crippen molar-refractivity contribution in [3.63, 3.8) is 0 Å². The van der Waals surface area contributed by atoms with Crippen molar-refractivity contribution in [2.24, 2.45) is 0 Å². The Morgan fingerprint density at radius 3 is 2.62 bits per heavy atom. The molecule has 0 aliphatic carbocycles. The summed E-state index contributed by atoms with van der Waals surface area (Å²) in [4.78, 5) is 11.8. The minimum atomic E-state index is -0.327. The third kappa shape index (κ3) is 4.72. The predicted octanol–water partition coefficient (Wildman–Crippen LogP) is 4.37. The number of benzene rings is 2. The molecular formula is C17H15ClFNO. The lowest BCUT2D eigenvalue weighted by Gasteiger charge is -2.12. The molecule has 4 heteroatoms. The zero-order valence-electron chi connectivity index (χ0n) is 11.5. The number of amides is 1. The molecule has 0 radical (unpaired) electrons. The highest BCUT2D eigenvalue weighted by Crippen LogP contribution is 2.16. The minimum Gasteiger partial charge on any atom is -0.346 e. The van der Waals surface area contributed by atoms with Crippen molar-refractivity contribution < 1.29 is 9.18 Å². The molecule has 1 atom stereocenters. The van der Waals surface area contributed by atoms with Crippen LogP contribution < -0.4 is 5.32 Å². The maximum absolute atomic E-state index is 13.0. The Morgan fingerprint density at radius 2 is 1.95 bits per heavy atom. The lowest BCUT2D eigenvalue weighted by molar-refractivity contribution is -0.117. The predicted molar refractivity (Wildman–Crippen MR) is 83.4 cm³/mol. The topological polar surface area (TPSA) is 29.1 Å². The summed E-state index contributed by atoms with van der Waals surface area (Å²) >= 11 is 5.82. The number of carbonyl (C=O) groups excluding carboxylic acids is 1. The fraction of sp³-hybridized carbons (Fsp3) is 0.118. The van der Waals surface area contributed by atoms with Crippen LogP contribution in [0.3, 0.4) is 0 Å². The molecule has 0 heterocycles. The van der Waals surface area contributed by atoms with E-state index in [4.69, 9.17) is 11.6 Å². The number of carbonyl (C=O) groups is 1. The van der Waals surface area contributed by atoms with Gasteiger partial charge < -0.3 is 5.32 Å². The third-order valence-corrected chi connectivity index (χ3v) is 3.26.